The Morgan fingerprint density at radius 1 is 1.29 bits per heavy atom. The minimum absolute atomic E-state index is 0.0241. The molecule has 0 saturated heterocycles. The Labute approximate surface area is 145 Å². The van der Waals surface area contributed by atoms with Crippen LogP contribution in [0.25, 0.3) is 0 Å². The van der Waals surface area contributed by atoms with Crippen molar-refractivity contribution >= 4 is 11.9 Å². The van der Waals surface area contributed by atoms with Crippen LogP contribution in [0.4, 0.5) is 0 Å². The van der Waals surface area contributed by atoms with Gasteiger partial charge in [0.25, 0.3) is 0 Å². The van der Waals surface area contributed by atoms with E-state index in [9.17, 15) is 14.7 Å². The Kier molecular flexibility index (Phi) is 5.46. The zero-order chi connectivity index (χ0) is 18.1. The van der Waals surface area contributed by atoms with Crippen molar-refractivity contribution in [2.75, 3.05) is 0 Å². The second kappa shape index (κ2) is 6.89. The van der Waals surface area contributed by atoms with Crippen LogP contribution in [0.2, 0.25) is 0 Å². The number of aliphatic carboxylic acids is 2. The zero-order valence-electron chi connectivity index (χ0n) is 15.3. The third-order valence-corrected chi connectivity index (χ3v) is 6.98. The van der Waals surface area contributed by atoms with Gasteiger partial charge in [-0.2, -0.15) is 0 Å². The normalized spacial score (nSPS) is 37.5. The van der Waals surface area contributed by atoms with Crippen molar-refractivity contribution in [1.82, 2.24) is 0 Å². The van der Waals surface area contributed by atoms with Gasteiger partial charge in [0.1, 0.15) is 0 Å². The Morgan fingerprint density at radius 2 is 1.96 bits per heavy atom. The van der Waals surface area contributed by atoms with Crippen LogP contribution in [0, 0.1) is 28.6 Å². The van der Waals surface area contributed by atoms with Gasteiger partial charge in [-0.05, 0) is 68.6 Å². The lowest BCUT2D eigenvalue weighted by atomic mass is 9.46. The first-order valence-corrected chi connectivity index (χ1v) is 9.24. The van der Waals surface area contributed by atoms with E-state index >= 15 is 0 Å². The summed E-state index contributed by atoms with van der Waals surface area (Å²) in [6, 6.07) is 0. The molecule has 2 saturated carbocycles. The summed E-state index contributed by atoms with van der Waals surface area (Å²) in [6.07, 6.45) is 6.57. The van der Waals surface area contributed by atoms with E-state index < -0.39 is 17.4 Å². The van der Waals surface area contributed by atoms with Crippen LogP contribution in [-0.2, 0) is 9.59 Å². The van der Waals surface area contributed by atoms with Crippen LogP contribution in [0.1, 0.15) is 72.1 Å². The van der Waals surface area contributed by atoms with Gasteiger partial charge in [0.15, 0.2) is 0 Å². The first kappa shape index (κ1) is 19.0. The van der Waals surface area contributed by atoms with E-state index in [1.54, 1.807) is 0 Å². The minimum atomic E-state index is -0.745. The van der Waals surface area contributed by atoms with E-state index in [-0.39, 0.29) is 23.7 Å². The van der Waals surface area contributed by atoms with Gasteiger partial charge >= 0.3 is 11.9 Å². The summed E-state index contributed by atoms with van der Waals surface area (Å²) < 4.78 is 0. The number of fused-ring (bicyclic) bond motifs is 1. The van der Waals surface area contributed by atoms with Gasteiger partial charge in [0, 0.05) is 6.42 Å². The van der Waals surface area contributed by atoms with E-state index in [2.05, 4.69) is 13.5 Å². The monoisotopic (exact) mass is 336 g/mol. The van der Waals surface area contributed by atoms with Crippen LogP contribution < -0.4 is 0 Å². The predicted octanol–water partition coefficient (Wildman–Crippen LogP) is 4.74. The van der Waals surface area contributed by atoms with E-state index in [4.69, 9.17) is 5.11 Å². The molecule has 0 radical (unpaired) electrons. The number of hydrogen-bond donors (Lipinski definition) is 2. The number of carbonyl (C=O) groups is 2. The molecule has 0 aromatic rings. The lowest BCUT2D eigenvalue weighted by molar-refractivity contribution is -0.164. The van der Waals surface area contributed by atoms with Crippen LogP contribution in [-0.4, -0.2) is 22.2 Å². The van der Waals surface area contributed by atoms with Crippen molar-refractivity contribution in [2.45, 2.75) is 72.1 Å². The molecule has 5 atom stereocenters. The van der Waals surface area contributed by atoms with Crippen LogP contribution >= 0.6 is 0 Å². The maximum Gasteiger partial charge on any atom is 0.309 e. The Morgan fingerprint density at radius 3 is 2.54 bits per heavy atom. The second-order valence-corrected chi connectivity index (χ2v) is 8.66. The molecule has 0 aromatic heterocycles. The molecule has 136 valence electrons. The van der Waals surface area contributed by atoms with E-state index in [1.165, 1.54) is 5.57 Å². The minimum Gasteiger partial charge on any atom is -0.481 e. The molecule has 0 spiro atoms. The molecule has 0 heterocycles. The molecule has 2 aliphatic carbocycles. The van der Waals surface area contributed by atoms with E-state index in [1.807, 2.05) is 13.8 Å². The number of allylic oxidation sites excluding steroid dienone is 1. The van der Waals surface area contributed by atoms with Crippen molar-refractivity contribution in [1.29, 1.82) is 0 Å². The first-order valence-electron chi connectivity index (χ1n) is 9.24. The summed E-state index contributed by atoms with van der Waals surface area (Å²) >= 11 is 0. The fourth-order valence-corrected chi connectivity index (χ4v) is 5.59. The van der Waals surface area contributed by atoms with Gasteiger partial charge in [0.05, 0.1) is 5.41 Å². The number of rotatable bonds is 6. The average Bonchev–Trinajstić information content (AvgIpc) is 2.45. The largest absolute Gasteiger partial charge is 0.481 e. The maximum absolute atomic E-state index is 12.0. The summed E-state index contributed by atoms with van der Waals surface area (Å²) in [7, 11) is 0. The molecule has 2 aliphatic rings. The number of carboxylic acid groups (broad SMARTS) is 2. The highest BCUT2D eigenvalue weighted by molar-refractivity contribution is 5.75. The summed E-state index contributed by atoms with van der Waals surface area (Å²) in [6.45, 7) is 10.5. The molecular formula is C20H32O4. The van der Waals surface area contributed by atoms with Crippen molar-refractivity contribution in [2.24, 2.45) is 28.6 Å². The fraction of sp³-hybridized carbons (Fsp3) is 0.800. The van der Waals surface area contributed by atoms with Gasteiger partial charge in [-0.1, -0.05) is 32.4 Å². The molecule has 0 bridgehead atoms. The molecule has 4 heteroatoms. The van der Waals surface area contributed by atoms with Gasteiger partial charge < -0.3 is 10.2 Å². The van der Waals surface area contributed by atoms with Crippen LogP contribution in [0.3, 0.4) is 0 Å². The lowest BCUT2D eigenvalue weighted by Crippen LogP contribution is -2.53. The Bertz CT molecular complexity index is 526. The third kappa shape index (κ3) is 3.38. The predicted molar refractivity (Wildman–Crippen MR) is 93.7 cm³/mol. The standard InChI is InChI=1S/C20H32O4/c1-13(12-17(21)22)6-8-15-14(2)7-9-16-19(15,3)10-5-11-20(16,4)18(23)24/h13,15-16H,2,5-12H2,1,3-4H3,(H,21,22)(H,23,24)/t13-,15-,16+,19+,20-/m1/s1. The average molecular weight is 336 g/mol. The topological polar surface area (TPSA) is 74.6 Å². The Hall–Kier alpha value is -1.32. The van der Waals surface area contributed by atoms with Crippen molar-refractivity contribution < 1.29 is 19.8 Å². The van der Waals surface area contributed by atoms with Crippen molar-refractivity contribution in [3.63, 3.8) is 0 Å². The van der Waals surface area contributed by atoms with Crippen molar-refractivity contribution in [3.05, 3.63) is 12.2 Å². The van der Waals surface area contributed by atoms with Crippen LogP contribution in [0.5, 0.6) is 0 Å². The molecule has 0 unspecified atom stereocenters. The quantitative estimate of drug-likeness (QED) is 0.687. The lowest BCUT2D eigenvalue weighted by Gasteiger charge is -2.57. The fourth-order valence-electron chi connectivity index (χ4n) is 5.59. The highest BCUT2D eigenvalue weighted by Crippen LogP contribution is 2.62. The maximum atomic E-state index is 12.0. The highest BCUT2D eigenvalue weighted by Gasteiger charge is 2.57. The highest BCUT2D eigenvalue weighted by atomic mass is 16.4. The van der Waals surface area contributed by atoms with E-state index in [0.29, 0.717) is 5.92 Å². The second-order valence-electron chi connectivity index (χ2n) is 8.66. The molecule has 0 amide bonds. The third-order valence-electron chi connectivity index (χ3n) is 6.98. The summed E-state index contributed by atoms with van der Waals surface area (Å²) in [5.41, 5.74) is 0.577. The number of carboxylic acids is 2. The van der Waals surface area contributed by atoms with Gasteiger partial charge in [0.2, 0.25) is 0 Å². The Balaban J connectivity index is 2.19. The first-order chi connectivity index (χ1) is 11.1. The molecule has 24 heavy (non-hydrogen) atoms. The smallest absolute Gasteiger partial charge is 0.309 e. The SMILES string of the molecule is C=C1CC[C@H]2[C@@](C)(CCC[C@@]2(C)C(=O)O)[C@@H]1CC[C@@H](C)CC(=O)O. The summed E-state index contributed by atoms with van der Waals surface area (Å²) in [4.78, 5) is 22.9. The summed E-state index contributed by atoms with van der Waals surface area (Å²) in [5, 5.41) is 18.8. The van der Waals surface area contributed by atoms with Gasteiger partial charge in [-0.25, -0.2) is 0 Å². The molecule has 4 nitrogen and oxygen atoms in total. The van der Waals surface area contributed by atoms with Gasteiger partial charge in [-0.3, -0.25) is 9.59 Å². The number of hydrogen-bond acceptors (Lipinski definition) is 2. The molecule has 0 aliphatic heterocycles. The van der Waals surface area contributed by atoms with Crippen molar-refractivity contribution in [3.8, 4) is 0 Å². The molecule has 2 rings (SSSR count). The van der Waals surface area contributed by atoms with E-state index in [0.717, 1.165) is 44.9 Å². The molecular weight excluding hydrogens is 304 g/mol. The van der Waals surface area contributed by atoms with Gasteiger partial charge in [-0.15, -0.1) is 0 Å². The van der Waals surface area contributed by atoms with Crippen LogP contribution in [0.15, 0.2) is 12.2 Å². The molecule has 2 N–H and O–H groups in total. The molecule has 0 aromatic carbocycles. The summed E-state index contributed by atoms with van der Waals surface area (Å²) in [5.74, 6) is -0.768. The molecule has 2 fully saturated rings. The zero-order valence-corrected chi connectivity index (χ0v) is 15.3.